The van der Waals surface area contributed by atoms with Gasteiger partial charge in [0.05, 0.1) is 19.1 Å². The number of nitrogens with one attached hydrogen (secondary N) is 1. The van der Waals surface area contributed by atoms with Gasteiger partial charge in [-0.15, -0.1) is 0 Å². The van der Waals surface area contributed by atoms with Gasteiger partial charge in [0.15, 0.2) is 0 Å². The maximum absolute atomic E-state index is 11.8. The third-order valence-corrected chi connectivity index (χ3v) is 2.69. The van der Waals surface area contributed by atoms with Gasteiger partial charge in [0, 0.05) is 13.2 Å². The molecule has 0 aromatic heterocycles. The Labute approximate surface area is 108 Å². The van der Waals surface area contributed by atoms with Crippen LogP contribution in [0.1, 0.15) is 24.8 Å². The van der Waals surface area contributed by atoms with Crippen molar-refractivity contribution in [2.45, 2.75) is 19.3 Å². The molecule has 4 nitrogen and oxygen atoms in total. The predicted molar refractivity (Wildman–Crippen MR) is 70.4 cm³/mol. The van der Waals surface area contributed by atoms with Crippen molar-refractivity contribution in [3.8, 4) is 0 Å². The molecule has 18 heavy (non-hydrogen) atoms. The molecule has 0 aliphatic carbocycles. The van der Waals surface area contributed by atoms with Crippen molar-refractivity contribution in [1.82, 2.24) is 5.32 Å². The van der Waals surface area contributed by atoms with Gasteiger partial charge in [-0.25, -0.2) is 0 Å². The Bertz CT molecular complexity index is 340. The summed E-state index contributed by atoms with van der Waals surface area (Å²) in [7, 11) is 0. The molecule has 0 aliphatic rings. The fourth-order valence-electron chi connectivity index (χ4n) is 1.60. The van der Waals surface area contributed by atoms with Crippen LogP contribution in [-0.2, 0) is 9.53 Å². The maximum atomic E-state index is 11.8. The average molecular weight is 251 g/mol. The van der Waals surface area contributed by atoms with Crippen molar-refractivity contribution in [1.29, 1.82) is 0 Å². The van der Waals surface area contributed by atoms with E-state index >= 15 is 0 Å². The number of benzene rings is 1. The van der Waals surface area contributed by atoms with Crippen LogP contribution in [0.5, 0.6) is 0 Å². The zero-order valence-corrected chi connectivity index (χ0v) is 10.8. The summed E-state index contributed by atoms with van der Waals surface area (Å²) in [5.41, 5.74) is 1.02. The van der Waals surface area contributed by atoms with E-state index in [2.05, 4.69) is 5.32 Å². The predicted octanol–water partition coefficient (Wildman–Crippen LogP) is 1.31. The Morgan fingerprint density at radius 2 is 2.06 bits per heavy atom. The summed E-state index contributed by atoms with van der Waals surface area (Å²) < 4.78 is 5.11. The lowest BCUT2D eigenvalue weighted by atomic mass is 10.0. The SMILES string of the molecule is CC(C(=O)NCCCOCCO)c1ccccc1. The molecule has 0 fully saturated rings. The van der Waals surface area contributed by atoms with Crippen LogP contribution in [0.3, 0.4) is 0 Å². The first kappa shape index (κ1) is 14.7. The van der Waals surface area contributed by atoms with Crippen LogP contribution in [0, 0.1) is 0 Å². The summed E-state index contributed by atoms with van der Waals surface area (Å²) in [5, 5.41) is 11.4. The molecule has 2 N–H and O–H groups in total. The normalized spacial score (nSPS) is 12.1. The smallest absolute Gasteiger partial charge is 0.227 e. The fraction of sp³-hybridized carbons (Fsp3) is 0.500. The topological polar surface area (TPSA) is 58.6 Å². The monoisotopic (exact) mass is 251 g/mol. The van der Waals surface area contributed by atoms with Gasteiger partial charge in [-0.3, -0.25) is 4.79 Å². The Balaban J connectivity index is 2.20. The highest BCUT2D eigenvalue weighted by molar-refractivity contribution is 5.83. The summed E-state index contributed by atoms with van der Waals surface area (Å²) in [6.45, 7) is 3.45. The summed E-state index contributed by atoms with van der Waals surface area (Å²) in [6.07, 6.45) is 0.757. The Morgan fingerprint density at radius 3 is 2.72 bits per heavy atom. The van der Waals surface area contributed by atoms with Crippen molar-refractivity contribution in [2.24, 2.45) is 0 Å². The third-order valence-electron chi connectivity index (χ3n) is 2.69. The number of rotatable bonds is 8. The largest absolute Gasteiger partial charge is 0.394 e. The van der Waals surface area contributed by atoms with Crippen LogP contribution in [0.4, 0.5) is 0 Å². The molecule has 1 aromatic rings. The molecule has 0 spiro atoms. The van der Waals surface area contributed by atoms with E-state index < -0.39 is 0 Å². The number of aliphatic hydroxyl groups is 1. The molecule has 4 heteroatoms. The minimum atomic E-state index is -0.135. The zero-order valence-electron chi connectivity index (χ0n) is 10.8. The molecule has 0 heterocycles. The minimum absolute atomic E-state index is 0.0309. The Kier molecular flexibility index (Phi) is 7.06. The van der Waals surface area contributed by atoms with E-state index in [1.807, 2.05) is 37.3 Å². The summed E-state index contributed by atoms with van der Waals surface area (Å²) in [6, 6.07) is 9.71. The number of hydrogen-bond acceptors (Lipinski definition) is 3. The second-order valence-electron chi connectivity index (χ2n) is 4.11. The van der Waals surface area contributed by atoms with Crippen LogP contribution in [-0.4, -0.2) is 37.4 Å². The third kappa shape index (κ3) is 5.29. The fourth-order valence-corrected chi connectivity index (χ4v) is 1.60. The molecule has 1 amide bonds. The molecule has 1 atom stereocenters. The molecule has 1 aromatic carbocycles. The van der Waals surface area contributed by atoms with Gasteiger partial charge in [0.25, 0.3) is 0 Å². The molecular formula is C14H21NO3. The van der Waals surface area contributed by atoms with Crippen LogP contribution < -0.4 is 5.32 Å². The van der Waals surface area contributed by atoms with Crippen molar-refractivity contribution in [3.05, 3.63) is 35.9 Å². The summed E-state index contributed by atoms with van der Waals surface area (Å²) >= 11 is 0. The standard InChI is InChI=1S/C14H21NO3/c1-12(13-6-3-2-4-7-13)14(17)15-8-5-10-18-11-9-16/h2-4,6-7,12,16H,5,8-11H2,1H3,(H,15,17). The molecule has 0 saturated carbocycles. The highest BCUT2D eigenvalue weighted by Gasteiger charge is 2.13. The van der Waals surface area contributed by atoms with Gasteiger partial charge in [-0.1, -0.05) is 30.3 Å². The molecule has 0 saturated heterocycles. The lowest BCUT2D eigenvalue weighted by molar-refractivity contribution is -0.122. The van der Waals surface area contributed by atoms with E-state index in [9.17, 15) is 4.79 Å². The van der Waals surface area contributed by atoms with E-state index in [0.29, 0.717) is 19.8 Å². The summed E-state index contributed by atoms with van der Waals surface area (Å²) in [4.78, 5) is 11.8. The van der Waals surface area contributed by atoms with E-state index in [0.717, 1.165) is 12.0 Å². The van der Waals surface area contributed by atoms with Crippen molar-refractivity contribution >= 4 is 5.91 Å². The Morgan fingerprint density at radius 1 is 1.33 bits per heavy atom. The quantitative estimate of drug-likeness (QED) is 0.685. The van der Waals surface area contributed by atoms with Crippen molar-refractivity contribution in [3.63, 3.8) is 0 Å². The lowest BCUT2D eigenvalue weighted by Crippen LogP contribution is -2.29. The van der Waals surface area contributed by atoms with E-state index in [1.54, 1.807) is 0 Å². The average Bonchev–Trinajstić information content (AvgIpc) is 2.42. The van der Waals surface area contributed by atoms with Crippen LogP contribution >= 0.6 is 0 Å². The van der Waals surface area contributed by atoms with E-state index in [1.165, 1.54) is 0 Å². The molecule has 0 aliphatic heterocycles. The van der Waals surface area contributed by atoms with Crippen LogP contribution in [0.2, 0.25) is 0 Å². The van der Waals surface area contributed by atoms with E-state index in [-0.39, 0.29) is 18.4 Å². The highest BCUT2D eigenvalue weighted by atomic mass is 16.5. The van der Waals surface area contributed by atoms with Crippen LogP contribution in [0.25, 0.3) is 0 Å². The number of hydrogen-bond donors (Lipinski definition) is 2. The molecule has 1 unspecified atom stereocenters. The Hall–Kier alpha value is -1.39. The van der Waals surface area contributed by atoms with Crippen LogP contribution in [0.15, 0.2) is 30.3 Å². The number of carbonyl (C=O) groups is 1. The molecule has 0 radical (unpaired) electrons. The molecule has 100 valence electrons. The second-order valence-corrected chi connectivity index (χ2v) is 4.11. The number of amides is 1. The number of ether oxygens (including phenoxy) is 1. The van der Waals surface area contributed by atoms with E-state index in [4.69, 9.17) is 9.84 Å². The van der Waals surface area contributed by atoms with Gasteiger partial charge in [0.1, 0.15) is 0 Å². The van der Waals surface area contributed by atoms with Gasteiger partial charge >= 0.3 is 0 Å². The van der Waals surface area contributed by atoms with Gasteiger partial charge < -0.3 is 15.2 Å². The highest BCUT2D eigenvalue weighted by Crippen LogP contribution is 2.14. The van der Waals surface area contributed by atoms with Crippen molar-refractivity contribution < 1.29 is 14.6 Å². The summed E-state index contributed by atoms with van der Waals surface area (Å²) in [5.74, 6) is -0.104. The first-order valence-corrected chi connectivity index (χ1v) is 6.27. The number of aliphatic hydroxyl groups excluding tert-OH is 1. The first-order chi connectivity index (χ1) is 8.75. The lowest BCUT2D eigenvalue weighted by Gasteiger charge is -2.12. The molecule has 1 rings (SSSR count). The molecule has 0 bridgehead atoms. The minimum Gasteiger partial charge on any atom is -0.394 e. The van der Waals surface area contributed by atoms with Gasteiger partial charge in [-0.05, 0) is 18.9 Å². The maximum Gasteiger partial charge on any atom is 0.227 e. The number of carbonyl (C=O) groups excluding carboxylic acids is 1. The zero-order chi connectivity index (χ0) is 13.2. The first-order valence-electron chi connectivity index (χ1n) is 6.27. The molecular weight excluding hydrogens is 230 g/mol. The van der Waals surface area contributed by atoms with Crippen molar-refractivity contribution in [2.75, 3.05) is 26.4 Å². The van der Waals surface area contributed by atoms with Gasteiger partial charge in [-0.2, -0.15) is 0 Å². The second kappa shape index (κ2) is 8.66. The van der Waals surface area contributed by atoms with Gasteiger partial charge in [0.2, 0.25) is 5.91 Å².